The van der Waals surface area contributed by atoms with Gasteiger partial charge in [-0.05, 0) is 52.9 Å². The van der Waals surface area contributed by atoms with Crippen LogP contribution < -0.4 is 5.32 Å². The SMILES string of the molecule is CC(CN1CCCC1)C(=O)NCC1(N(C)C)CCCC1. The third-order valence-corrected chi connectivity index (χ3v) is 5.25. The first-order chi connectivity index (χ1) is 9.53. The molecule has 1 unspecified atom stereocenters. The van der Waals surface area contributed by atoms with Crippen LogP contribution in [0.15, 0.2) is 0 Å². The van der Waals surface area contributed by atoms with E-state index in [1.165, 1.54) is 51.6 Å². The highest BCUT2D eigenvalue weighted by atomic mass is 16.1. The number of nitrogens with one attached hydrogen (secondary N) is 1. The summed E-state index contributed by atoms with van der Waals surface area (Å²) in [4.78, 5) is 17.0. The number of rotatable bonds is 6. The molecule has 1 aliphatic heterocycles. The average molecular weight is 281 g/mol. The van der Waals surface area contributed by atoms with Crippen molar-refractivity contribution < 1.29 is 4.79 Å². The number of amides is 1. The lowest BCUT2D eigenvalue weighted by Crippen LogP contribution is -2.52. The van der Waals surface area contributed by atoms with Gasteiger partial charge in [0.05, 0.1) is 0 Å². The zero-order chi connectivity index (χ0) is 14.6. The minimum atomic E-state index is 0.105. The van der Waals surface area contributed by atoms with Gasteiger partial charge in [-0.3, -0.25) is 4.79 Å². The summed E-state index contributed by atoms with van der Waals surface area (Å²) in [6.45, 7) is 6.12. The van der Waals surface area contributed by atoms with Gasteiger partial charge in [0.2, 0.25) is 5.91 Å². The summed E-state index contributed by atoms with van der Waals surface area (Å²) in [7, 11) is 4.29. The van der Waals surface area contributed by atoms with Gasteiger partial charge in [0.25, 0.3) is 0 Å². The van der Waals surface area contributed by atoms with Crippen molar-refractivity contribution in [1.29, 1.82) is 0 Å². The van der Waals surface area contributed by atoms with E-state index in [9.17, 15) is 4.79 Å². The van der Waals surface area contributed by atoms with E-state index in [2.05, 4.69) is 36.1 Å². The van der Waals surface area contributed by atoms with E-state index < -0.39 is 0 Å². The number of nitrogens with zero attached hydrogens (tertiary/aromatic N) is 2. The Balaban J connectivity index is 1.78. The smallest absolute Gasteiger partial charge is 0.224 e. The second-order valence-electron chi connectivity index (χ2n) is 6.95. The molecule has 4 heteroatoms. The molecular formula is C16H31N3O. The van der Waals surface area contributed by atoms with Crippen molar-refractivity contribution in [3.8, 4) is 0 Å². The van der Waals surface area contributed by atoms with Crippen LogP contribution in [0.5, 0.6) is 0 Å². The quantitative estimate of drug-likeness (QED) is 0.805. The maximum atomic E-state index is 12.3. The van der Waals surface area contributed by atoms with Gasteiger partial charge < -0.3 is 15.1 Å². The minimum absolute atomic E-state index is 0.105. The molecule has 0 spiro atoms. The summed E-state index contributed by atoms with van der Waals surface area (Å²) in [6.07, 6.45) is 7.58. The van der Waals surface area contributed by atoms with Gasteiger partial charge in [-0.2, -0.15) is 0 Å². The standard InChI is InChI=1S/C16H31N3O/c1-14(12-19-10-6-7-11-19)15(20)17-13-16(18(2)3)8-4-5-9-16/h14H,4-13H2,1-3H3,(H,17,20). The molecule has 20 heavy (non-hydrogen) atoms. The summed E-state index contributed by atoms with van der Waals surface area (Å²) in [5, 5.41) is 3.21. The molecule has 1 saturated carbocycles. The van der Waals surface area contributed by atoms with Crippen LogP contribution in [0.2, 0.25) is 0 Å². The lowest BCUT2D eigenvalue weighted by molar-refractivity contribution is -0.125. The van der Waals surface area contributed by atoms with Crippen molar-refractivity contribution in [2.24, 2.45) is 5.92 Å². The maximum Gasteiger partial charge on any atom is 0.224 e. The monoisotopic (exact) mass is 281 g/mol. The van der Waals surface area contributed by atoms with Crippen molar-refractivity contribution >= 4 is 5.91 Å². The highest BCUT2D eigenvalue weighted by Gasteiger charge is 2.36. The summed E-state index contributed by atoms with van der Waals surface area (Å²) in [5.41, 5.74) is 0.197. The predicted octanol–water partition coefficient (Wildman–Crippen LogP) is 1.71. The van der Waals surface area contributed by atoms with Crippen LogP contribution in [0.25, 0.3) is 0 Å². The molecule has 1 heterocycles. The Labute approximate surface area is 123 Å². The van der Waals surface area contributed by atoms with E-state index in [-0.39, 0.29) is 17.4 Å². The normalized spacial score (nSPS) is 24.2. The van der Waals surface area contributed by atoms with Crippen LogP contribution in [0.3, 0.4) is 0 Å². The maximum absolute atomic E-state index is 12.3. The van der Waals surface area contributed by atoms with Crippen molar-refractivity contribution in [2.45, 2.75) is 51.0 Å². The summed E-state index contributed by atoms with van der Waals surface area (Å²) in [5.74, 6) is 0.332. The van der Waals surface area contributed by atoms with E-state index in [1.54, 1.807) is 0 Å². The van der Waals surface area contributed by atoms with Gasteiger partial charge >= 0.3 is 0 Å². The Bertz CT molecular complexity index is 318. The van der Waals surface area contributed by atoms with Crippen molar-refractivity contribution in [3.63, 3.8) is 0 Å². The highest BCUT2D eigenvalue weighted by molar-refractivity contribution is 5.78. The first-order valence-electron chi connectivity index (χ1n) is 8.21. The van der Waals surface area contributed by atoms with Crippen molar-refractivity contribution in [2.75, 3.05) is 40.3 Å². The molecule has 0 aromatic heterocycles. The Morgan fingerprint density at radius 2 is 1.80 bits per heavy atom. The first-order valence-corrected chi connectivity index (χ1v) is 8.21. The number of carbonyl (C=O) groups is 1. The number of likely N-dealkylation sites (tertiary alicyclic amines) is 1. The topological polar surface area (TPSA) is 35.6 Å². The number of hydrogen-bond acceptors (Lipinski definition) is 3. The third-order valence-electron chi connectivity index (χ3n) is 5.25. The molecular weight excluding hydrogens is 250 g/mol. The fourth-order valence-electron chi connectivity index (χ4n) is 3.68. The van der Waals surface area contributed by atoms with Crippen LogP contribution in [0, 0.1) is 5.92 Å². The molecule has 0 aromatic carbocycles. The molecule has 2 fully saturated rings. The Kier molecular flexibility index (Phi) is 5.44. The van der Waals surface area contributed by atoms with E-state index in [1.807, 2.05) is 0 Å². The molecule has 1 amide bonds. The molecule has 0 aromatic rings. The Hall–Kier alpha value is -0.610. The molecule has 1 N–H and O–H groups in total. The van der Waals surface area contributed by atoms with Gasteiger partial charge in [-0.1, -0.05) is 19.8 Å². The highest BCUT2D eigenvalue weighted by Crippen LogP contribution is 2.33. The van der Waals surface area contributed by atoms with E-state index in [0.717, 1.165) is 13.1 Å². The lowest BCUT2D eigenvalue weighted by Gasteiger charge is -2.37. The van der Waals surface area contributed by atoms with Gasteiger partial charge in [0, 0.05) is 24.5 Å². The largest absolute Gasteiger partial charge is 0.354 e. The molecule has 2 aliphatic rings. The number of hydrogen-bond donors (Lipinski definition) is 1. The Morgan fingerprint density at radius 1 is 1.20 bits per heavy atom. The van der Waals surface area contributed by atoms with Gasteiger partial charge in [0.15, 0.2) is 0 Å². The fraction of sp³-hybridized carbons (Fsp3) is 0.938. The lowest BCUT2D eigenvalue weighted by atomic mass is 9.95. The number of likely N-dealkylation sites (N-methyl/N-ethyl adjacent to an activating group) is 1. The van der Waals surface area contributed by atoms with Crippen LogP contribution in [0.4, 0.5) is 0 Å². The molecule has 0 radical (unpaired) electrons. The molecule has 1 saturated heterocycles. The predicted molar refractivity (Wildman–Crippen MR) is 82.7 cm³/mol. The van der Waals surface area contributed by atoms with Crippen LogP contribution in [-0.4, -0.2) is 61.5 Å². The van der Waals surface area contributed by atoms with Crippen LogP contribution >= 0.6 is 0 Å². The molecule has 116 valence electrons. The van der Waals surface area contributed by atoms with Crippen molar-refractivity contribution in [1.82, 2.24) is 15.1 Å². The third kappa shape index (κ3) is 3.73. The van der Waals surface area contributed by atoms with Gasteiger partial charge in [0.1, 0.15) is 0 Å². The second-order valence-corrected chi connectivity index (χ2v) is 6.95. The number of carbonyl (C=O) groups excluding carboxylic acids is 1. The molecule has 1 atom stereocenters. The van der Waals surface area contributed by atoms with Gasteiger partial charge in [-0.15, -0.1) is 0 Å². The van der Waals surface area contributed by atoms with Crippen molar-refractivity contribution in [3.05, 3.63) is 0 Å². The van der Waals surface area contributed by atoms with E-state index >= 15 is 0 Å². The first kappa shape index (κ1) is 15.8. The molecule has 0 bridgehead atoms. The zero-order valence-corrected chi connectivity index (χ0v) is 13.5. The molecule has 2 rings (SSSR count). The molecule has 4 nitrogen and oxygen atoms in total. The summed E-state index contributed by atoms with van der Waals surface area (Å²) in [6, 6.07) is 0. The Morgan fingerprint density at radius 3 is 2.35 bits per heavy atom. The zero-order valence-electron chi connectivity index (χ0n) is 13.5. The summed E-state index contributed by atoms with van der Waals surface area (Å²) >= 11 is 0. The van der Waals surface area contributed by atoms with E-state index in [0.29, 0.717) is 0 Å². The fourth-order valence-corrected chi connectivity index (χ4v) is 3.68. The minimum Gasteiger partial charge on any atom is -0.354 e. The van der Waals surface area contributed by atoms with Crippen LogP contribution in [-0.2, 0) is 4.79 Å². The summed E-state index contributed by atoms with van der Waals surface area (Å²) < 4.78 is 0. The van der Waals surface area contributed by atoms with Crippen LogP contribution in [0.1, 0.15) is 45.4 Å². The van der Waals surface area contributed by atoms with E-state index in [4.69, 9.17) is 0 Å². The second kappa shape index (κ2) is 6.90. The molecule has 1 aliphatic carbocycles. The average Bonchev–Trinajstić information content (AvgIpc) is 3.07. The van der Waals surface area contributed by atoms with Gasteiger partial charge in [-0.25, -0.2) is 0 Å².